The number of carbonyl (C=O) groups is 1. The first-order valence-corrected chi connectivity index (χ1v) is 7.61. The van der Waals surface area contributed by atoms with Gasteiger partial charge in [0.15, 0.2) is 0 Å². The van der Waals surface area contributed by atoms with Crippen molar-refractivity contribution in [3.63, 3.8) is 0 Å². The van der Waals surface area contributed by atoms with Crippen LogP contribution >= 0.6 is 15.9 Å². The van der Waals surface area contributed by atoms with Gasteiger partial charge in [-0.1, -0.05) is 49.7 Å². The van der Waals surface area contributed by atoms with Crippen LogP contribution in [-0.4, -0.2) is 13.0 Å². The van der Waals surface area contributed by atoms with Crippen molar-refractivity contribution < 1.29 is 9.53 Å². The molecule has 0 saturated heterocycles. The van der Waals surface area contributed by atoms with Crippen LogP contribution in [0.3, 0.4) is 0 Å². The van der Waals surface area contributed by atoms with Gasteiger partial charge in [-0.15, -0.1) is 0 Å². The van der Waals surface area contributed by atoms with Crippen molar-refractivity contribution in [3.8, 4) is 0 Å². The van der Waals surface area contributed by atoms with E-state index in [1.165, 1.54) is 0 Å². The van der Waals surface area contributed by atoms with Gasteiger partial charge >= 0.3 is 0 Å². The average molecular weight is 342 g/mol. The summed E-state index contributed by atoms with van der Waals surface area (Å²) in [5.41, 5.74) is 1.91. The molecule has 0 heterocycles. The molecule has 0 aliphatic carbocycles. The number of ether oxygens (including phenoxy) is 1. The van der Waals surface area contributed by atoms with Gasteiger partial charge in [-0.3, -0.25) is 4.79 Å². The highest BCUT2D eigenvalue weighted by atomic mass is 79.9. The number of hydrogen-bond donors (Lipinski definition) is 1. The predicted molar refractivity (Wildman–Crippen MR) is 86.7 cm³/mol. The van der Waals surface area contributed by atoms with Crippen molar-refractivity contribution in [1.29, 1.82) is 0 Å². The second-order valence-corrected chi connectivity index (χ2v) is 7.07. The van der Waals surface area contributed by atoms with E-state index in [2.05, 4.69) is 48.9 Å². The molecule has 0 aliphatic rings. The van der Waals surface area contributed by atoms with Crippen LogP contribution in [0.5, 0.6) is 0 Å². The number of nitrogens with one attached hydrogen (secondary N) is 1. The number of halogens is 1. The molecule has 0 bridgehead atoms. The van der Waals surface area contributed by atoms with Gasteiger partial charge < -0.3 is 10.1 Å². The Balaban J connectivity index is 2.78. The summed E-state index contributed by atoms with van der Waals surface area (Å²) in [6.45, 7) is 9.03. The molecular weight excluding hydrogens is 318 g/mol. The van der Waals surface area contributed by atoms with E-state index in [1.54, 1.807) is 7.11 Å². The smallest absolute Gasteiger partial charge is 0.224 e. The van der Waals surface area contributed by atoms with Gasteiger partial charge in [0.25, 0.3) is 0 Å². The van der Waals surface area contributed by atoms with E-state index in [9.17, 15) is 4.79 Å². The van der Waals surface area contributed by atoms with Gasteiger partial charge in [-0.25, -0.2) is 0 Å². The molecule has 0 aliphatic heterocycles. The number of methoxy groups -OCH3 is 1. The fourth-order valence-electron chi connectivity index (χ4n) is 1.75. The molecule has 0 spiro atoms. The lowest BCUT2D eigenvalue weighted by atomic mass is 9.80. The van der Waals surface area contributed by atoms with Crippen LogP contribution in [0.15, 0.2) is 22.7 Å². The van der Waals surface area contributed by atoms with E-state index < -0.39 is 0 Å². The van der Waals surface area contributed by atoms with Crippen LogP contribution in [0.25, 0.3) is 0 Å². The van der Waals surface area contributed by atoms with E-state index in [-0.39, 0.29) is 11.3 Å². The van der Waals surface area contributed by atoms with Gasteiger partial charge in [0.2, 0.25) is 5.91 Å². The molecule has 3 nitrogen and oxygen atoms in total. The monoisotopic (exact) mass is 341 g/mol. The highest BCUT2D eigenvalue weighted by molar-refractivity contribution is 9.10. The molecule has 4 heteroatoms. The van der Waals surface area contributed by atoms with Crippen molar-refractivity contribution in [3.05, 3.63) is 28.2 Å². The second kappa shape index (κ2) is 7.23. The SMILES string of the molecule is COCc1c(Br)cccc1NC(=O)CC(C)C(C)(C)C. The Kier molecular flexibility index (Phi) is 6.21. The number of carbonyl (C=O) groups excluding carboxylic acids is 1. The molecule has 0 saturated carbocycles. The standard InChI is InChI=1S/C16H24BrNO2/c1-11(16(2,3)4)9-15(19)18-14-8-6-7-13(17)12(14)10-20-5/h6-8,11H,9-10H2,1-5H3,(H,18,19). The summed E-state index contributed by atoms with van der Waals surface area (Å²) in [4.78, 5) is 12.2. The number of hydrogen-bond acceptors (Lipinski definition) is 2. The van der Waals surface area contributed by atoms with Crippen LogP contribution in [0.2, 0.25) is 0 Å². The van der Waals surface area contributed by atoms with Gasteiger partial charge in [0, 0.05) is 29.3 Å². The van der Waals surface area contributed by atoms with Gasteiger partial charge in [-0.2, -0.15) is 0 Å². The molecule has 1 amide bonds. The van der Waals surface area contributed by atoms with Gasteiger partial charge in [-0.05, 0) is 23.5 Å². The fourth-order valence-corrected chi connectivity index (χ4v) is 2.23. The summed E-state index contributed by atoms with van der Waals surface area (Å²) in [5, 5.41) is 2.99. The van der Waals surface area contributed by atoms with E-state index in [4.69, 9.17) is 4.74 Å². The molecule has 1 atom stereocenters. The number of anilines is 1. The molecule has 0 fully saturated rings. The average Bonchev–Trinajstić information content (AvgIpc) is 2.32. The maximum Gasteiger partial charge on any atom is 0.224 e. The first kappa shape index (κ1) is 17.2. The normalized spacial score (nSPS) is 13.1. The molecule has 1 N–H and O–H groups in total. The van der Waals surface area contributed by atoms with Crippen LogP contribution in [0.1, 0.15) is 39.7 Å². The van der Waals surface area contributed by atoms with Crippen LogP contribution in [-0.2, 0) is 16.1 Å². The van der Waals surface area contributed by atoms with E-state index in [0.717, 1.165) is 15.7 Å². The molecule has 0 radical (unpaired) electrons. The molecule has 112 valence electrons. The van der Waals surface area contributed by atoms with Crippen LogP contribution in [0, 0.1) is 11.3 Å². The molecule has 1 unspecified atom stereocenters. The lowest BCUT2D eigenvalue weighted by Crippen LogP contribution is -2.24. The largest absolute Gasteiger partial charge is 0.380 e. The first-order chi connectivity index (χ1) is 9.25. The predicted octanol–water partition coefficient (Wildman–Crippen LogP) is 4.61. The number of rotatable bonds is 5. The topological polar surface area (TPSA) is 38.3 Å². The Bertz CT molecular complexity index is 466. The number of amides is 1. The molecule has 20 heavy (non-hydrogen) atoms. The third kappa shape index (κ3) is 4.91. The Morgan fingerprint density at radius 1 is 1.40 bits per heavy atom. The zero-order valence-corrected chi connectivity index (χ0v) is 14.5. The summed E-state index contributed by atoms with van der Waals surface area (Å²) in [6.07, 6.45) is 0.516. The summed E-state index contributed by atoms with van der Waals surface area (Å²) in [7, 11) is 1.65. The molecule has 1 aromatic rings. The van der Waals surface area contributed by atoms with Crippen molar-refractivity contribution in [2.45, 2.75) is 40.7 Å². The summed E-state index contributed by atoms with van der Waals surface area (Å²) in [6, 6.07) is 5.76. The Morgan fingerprint density at radius 3 is 2.60 bits per heavy atom. The zero-order valence-electron chi connectivity index (χ0n) is 12.9. The zero-order chi connectivity index (χ0) is 15.3. The van der Waals surface area contributed by atoms with Crippen molar-refractivity contribution >= 4 is 27.5 Å². The highest BCUT2D eigenvalue weighted by Gasteiger charge is 2.23. The van der Waals surface area contributed by atoms with Crippen LogP contribution in [0.4, 0.5) is 5.69 Å². The Morgan fingerprint density at radius 2 is 2.05 bits per heavy atom. The molecule has 0 aromatic heterocycles. The highest BCUT2D eigenvalue weighted by Crippen LogP contribution is 2.29. The van der Waals surface area contributed by atoms with Gasteiger partial charge in [0.05, 0.1) is 6.61 Å². The second-order valence-electron chi connectivity index (χ2n) is 6.22. The third-order valence-corrected chi connectivity index (χ3v) is 4.39. The van der Waals surface area contributed by atoms with E-state index >= 15 is 0 Å². The molecule has 1 rings (SSSR count). The van der Waals surface area contributed by atoms with E-state index in [0.29, 0.717) is 18.9 Å². The number of benzene rings is 1. The third-order valence-electron chi connectivity index (χ3n) is 3.65. The lowest BCUT2D eigenvalue weighted by molar-refractivity contribution is -0.117. The fraction of sp³-hybridized carbons (Fsp3) is 0.562. The van der Waals surface area contributed by atoms with Crippen LogP contribution < -0.4 is 5.32 Å². The molecule has 1 aromatic carbocycles. The maximum absolute atomic E-state index is 12.2. The summed E-state index contributed by atoms with van der Waals surface area (Å²) < 4.78 is 6.13. The molecular formula is C16H24BrNO2. The Hall–Kier alpha value is -0.870. The van der Waals surface area contributed by atoms with Crippen molar-refractivity contribution in [2.75, 3.05) is 12.4 Å². The minimum atomic E-state index is 0.0443. The minimum absolute atomic E-state index is 0.0443. The first-order valence-electron chi connectivity index (χ1n) is 6.82. The quantitative estimate of drug-likeness (QED) is 0.849. The maximum atomic E-state index is 12.2. The summed E-state index contributed by atoms with van der Waals surface area (Å²) >= 11 is 3.49. The minimum Gasteiger partial charge on any atom is -0.380 e. The van der Waals surface area contributed by atoms with Gasteiger partial charge in [0.1, 0.15) is 0 Å². The lowest BCUT2D eigenvalue weighted by Gasteiger charge is -2.26. The summed E-state index contributed by atoms with van der Waals surface area (Å²) in [5.74, 6) is 0.364. The van der Waals surface area contributed by atoms with Crippen molar-refractivity contribution in [2.24, 2.45) is 11.3 Å². The van der Waals surface area contributed by atoms with E-state index in [1.807, 2.05) is 18.2 Å². The Labute approximate surface area is 130 Å². The van der Waals surface area contributed by atoms with Crippen molar-refractivity contribution in [1.82, 2.24) is 0 Å².